The minimum atomic E-state index is -3.00. The van der Waals surface area contributed by atoms with E-state index < -0.39 is 12.5 Å². The van der Waals surface area contributed by atoms with Crippen molar-refractivity contribution in [3.05, 3.63) is 52.5 Å². The van der Waals surface area contributed by atoms with Crippen molar-refractivity contribution in [3.8, 4) is 5.75 Å². The molecule has 0 bridgehead atoms. The predicted octanol–water partition coefficient (Wildman–Crippen LogP) is 3.89. The van der Waals surface area contributed by atoms with Crippen molar-refractivity contribution in [1.29, 1.82) is 0 Å². The minimum absolute atomic E-state index is 0.0132. The molecule has 1 amide bonds. The lowest BCUT2D eigenvalue weighted by Gasteiger charge is -2.11. The molecule has 0 saturated carbocycles. The number of ether oxygens (including phenoxy) is 1. The fourth-order valence-electron chi connectivity index (χ4n) is 1.67. The highest BCUT2D eigenvalue weighted by Gasteiger charge is 2.15. The third kappa shape index (κ3) is 3.91. The van der Waals surface area contributed by atoms with Crippen LogP contribution >= 0.6 is 15.9 Å². The molecule has 0 aromatic heterocycles. The number of hydrogen-bond acceptors (Lipinski definition) is 3. The summed E-state index contributed by atoms with van der Waals surface area (Å²) in [6, 6.07) is 10.6. The second-order valence-corrected chi connectivity index (χ2v) is 4.92. The van der Waals surface area contributed by atoms with Crippen LogP contribution in [-0.2, 0) is 0 Å². The van der Waals surface area contributed by atoms with Crippen LogP contribution in [0.5, 0.6) is 5.75 Å². The topological polar surface area (TPSA) is 64.3 Å². The summed E-state index contributed by atoms with van der Waals surface area (Å²) in [5.41, 5.74) is 6.62. The molecule has 110 valence electrons. The van der Waals surface area contributed by atoms with Crippen molar-refractivity contribution in [2.45, 2.75) is 6.61 Å². The van der Waals surface area contributed by atoms with E-state index in [9.17, 15) is 13.6 Å². The number of carbonyl (C=O) groups is 1. The van der Waals surface area contributed by atoms with Gasteiger partial charge in [0.05, 0.1) is 5.56 Å². The molecular formula is C14H11BrF2N2O2. The van der Waals surface area contributed by atoms with E-state index >= 15 is 0 Å². The summed E-state index contributed by atoms with van der Waals surface area (Å²) in [6.45, 7) is -3.00. The van der Waals surface area contributed by atoms with E-state index in [0.717, 1.165) is 0 Å². The quantitative estimate of drug-likeness (QED) is 0.817. The van der Waals surface area contributed by atoms with Gasteiger partial charge >= 0.3 is 6.61 Å². The van der Waals surface area contributed by atoms with Gasteiger partial charge in [-0.05, 0) is 46.3 Å². The molecule has 2 aromatic carbocycles. The van der Waals surface area contributed by atoms with E-state index in [4.69, 9.17) is 5.73 Å². The van der Waals surface area contributed by atoms with Crippen molar-refractivity contribution < 1.29 is 18.3 Å². The predicted molar refractivity (Wildman–Crippen MR) is 79.6 cm³/mol. The summed E-state index contributed by atoms with van der Waals surface area (Å²) in [7, 11) is 0. The number of amides is 1. The molecule has 0 spiro atoms. The maximum Gasteiger partial charge on any atom is 0.387 e. The Balaban J connectivity index is 2.22. The molecule has 0 heterocycles. The first-order valence-electron chi connectivity index (χ1n) is 5.87. The Kier molecular flexibility index (Phi) is 4.74. The fourth-order valence-corrected chi connectivity index (χ4v) is 1.92. The number of halogens is 3. The molecule has 0 radical (unpaired) electrons. The van der Waals surface area contributed by atoms with E-state index in [1.54, 1.807) is 24.3 Å². The number of anilines is 2. The zero-order chi connectivity index (χ0) is 15.4. The van der Waals surface area contributed by atoms with Gasteiger partial charge < -0.3 is 15.8 Å². The average molecular weight is 357 g/mol. The zero-order valence-electron chi connectivity index (χ0n) is 10.6. The van der Waals surface area contributed by atoms with Crippen LogP contribution in [0.3, 0.4) is 0 Å². The molecule has 0 aliphatic carbocycles. The highest BCUT2D eigenvalue weighted by atomic mass is 79.9. The Hall–Kier alpha value is -2.15. The SMILES string of the molecule is Nc1cc(NC(=O)c2ccccc2OC(F)F)ccc1Br. The van der Waals surface area contributed by atoms with Gasteiger partial charge in [0.15, 0.2) is 0 Å². The van der Waals surface area contributed by atoms with Gasteiger partial charge in [-0.3, -0.25) is 4.79 Å². The highest BCUT2D eigenvalue weighted by Crippen LogP contribution is 2.25. The summed E-state index contributed by atoms with van der Waals surface area (Å²) in [5.74, 6) is -0.747. The van der Waals surface area contributed by atoms with Crippen LogP contribution in [0.2, 0.25) is 0 Å². The molecule has 0 fully saturated rings. The molecule has 7 heteroatoms. The Morgan fingerprint density at radius 3 is 2.62 bits per heavy atom. The summed E-state index contributed by atoms with van der Waals surface area (Å²) < 4.78 is 29.6. The molecule has 3 N–H and O–H groups in total. The first kappa shape index (κ1) is 15.2. The van der Waals surface area contributed by atoms with Gasteiger partial charge in [-0.1, -0.05) is 12.1 Å². The smallest absolute Gasteiger partial charge is 0.387 e. The van der Waals surface area contributed by atoms with Crippen LogP contribution in [0, 0.1) is 0 Å². The molecular weight excluding hydrogens is 346 g/mol. The Bertz CT molecular complexity index is 665. The normalized spacial score (nSPS) is 10.5. The lowest BCUT2D eigenvalue weighted by atomic mass is 10.2. The lowest BCUT2D eigenvalue weighted by molar-refractivity contribution is -0.0501. The second-order valence-electron chi connectivity index (χ2n) is 4.07. The van der Waals surface area contributed by atoms with Crippen LogP contribution < -0.4 is 15.8 Å². The number of nitrogen functional groups attached to an aromatic ring is 1. The fraction of sp³-hybridized carbons (Fsp3) is 0.0714. The van der Waals surface area contributed by atoms with Crippen molar-refractivity contribution in [2.75, 3.05) is 11.1 Å². The number of alkyl halides is 2. The summed E-state index contributed by atoms with van der Waals surface area (Å²) >= 11 is 3.24. The van der Waals surface area contributed by atoms with E-state index in [-0.39, 0.29) is 11.3 Å². The van der Waals surface area contributed by atoms with Gasteiger partial charge in [0, 0.05) is 15.8 Å². The minimum Gasteiger partial charge on any atom is -0.434 e. The Morgan fingerprint density at radius 2 is 1.95 bits per heavy atom. The number of benzene rings is 2. The van der Waals surface area contributed by atoms with Gasteiger partial charge in [0.25, 0.3) is 5.91 Å². The number of nitrogens with one attached hydrogen (secondary N) is 1. The van der Waals surface area contributed by atoms with Gasteiger partial charge in [-0.15, -0.1) is 0 Å². The van der Waals surface area contributed by atoms with Gasteiger partial charge in [-0.25, -0.2) is 0 Å². The molecule has 21 heavy (non-hydrogen) atoms. The van der Waals surface area contributed by atoms with Crippen molar-refractivity contribution in [3.63, 3.8) is 0 Å². The average Bonchev–Trinajstić information content (AvgIpc) is 2.43. The van der Waals surface area contributed by atoms with Crippen LogP contribution in [-0.4, -0.2) is 12.5 Å². The van der Waals surface area contributed by atoms with Crippen molar-refractivity contribution in [2.24, 2.45) is 0 Å². The number of hydrogen-bond donors (Lipinski definition) is 2. The Labute approximate surface area is 128 Å². The molecule has 4 nitrogen and oxygen atoms in total. The molecule has 0 aliphatic rings. The number of rotatable bonds is 4. The first-order chi connectivity index (χ1) is 9.97. The van der Waals surface area contributed by atoms with Gasteiger partial charge in [-0.2, -0.15) is 8.78 Å². The molecule has 0 atom stereocenters. The number of nitrogens with two attached hydrogens (primary N) is 1. The van der Waals surface area contributed by atoms with Crippen molar-refractivity contribution >= 4 is 33.2 Å². The largest absolute Gasteiger partial charge is 0.434 e. The summed E-state index contributed by atoms with van der Waals surface area (Å²) in [6.07, 6.45) is 0. The Morgan fingerprint density at radius 1 is 1.24 bits per heavy atom. The first-order valence-corrected chi connectivity index (χ1v) is 6.67. The van der Waals surface area contributed by atoms with E-state index in [0.29, 0.717) is 15.8 Å². The van der Waals surface area contributed by atoms with E-state index in [2.05, 4.69) is 26.0 Å². The molecule has 0 saturated heterocycles. The number of carbonyl (C=O) groups excluding carboxylic acids is 1. The molecule has 0 unspecified atom stereocenters. The zero-order valence-corrected chi connectivity index (χ0v) is 12.2. The van der Waals surface area contributed by atoms with Crippen LogP contribution in [0.15, 0.2) is 46.9 Å². The summed E-state index contributed by atoms with van der Waals surface area (Å²) in [4.78, 5) is 12.1. The van der Waals surface area contributed by atoms with E-state index in [1.807, 2.05) is 0 Å². The van der Waals surface area contributed by atoms with Gasteiger partial charge in [0.2, 0.25) is 0 Å². The van der Waals surface area contributed by atoms with Crippen LogP contribution in [0.1, 0.15) is 10.4 Å². The third-order valence-electron chi connectivity index (χ3n) is 2.60. The highest BCUT2D eigenvalue weighted by molar-refractivity contribution is 9.10. The van der Waals surface area contributed by atoms with E-state index in [1.165, 1.54) is 18.2 Å². The number of para-hydroxylation sites is 1. The standard InChI is InChI=1S/C14H11BrF2N2O2/c15-10-6-5-8(7-11(10)18)19-13(20)9-3-1-2-4-12(9)21-14(16)17/h1-7,14H,18H2,(H,19,20). The van der Waals surface area contributed by atoms with Crippen molar-refractivity contribution in [1.82, 2.24) is 0 Å². The van der Waals surface area contributed by atoms with Crippen LogP contribution in [0.4, 0.5) is 20.2 Å². The second kappa shape index (κ2) is 6.53. The van der Waals surface area contributed by atoms with Crippen LogP contribution in [0.25, 0.3) is 0 Å². The summed E-state index contributed by atoms with van der Waals surface area (Å²) in [5, 5.41) is 2.58. The molecule has 2 rings (SSSR count). The lowest BCUT2D eigenvalue weighted by Crippen LogP contribution is -2.15. The monoisotopic (exact) mass is 356 g/mol. The molecule has 0 aliphatic heterocycles. The molecule has 2 aromatic rings. The maximum atomic E-state index is 12.3. The van der Waals surface area contributed by atoms with Gasteiger partial charge in [0.1, 0.15) is 5.75 Å². The third-order valence-corrected chi connectivity index (χ3v) is 3.32. The maximum absolute atomic E-state index is 12.3.